The summed E-state index contributed by atoms with van der Waals surface area (Å²) in [6, 6.07) is 10.0. The lowest BCUT2D eigenvalue weighted by molar-refractivity contribution is 0.409. The summed E-state index contributed by atoms with van der Waals surface area (Å²) in [5, 5.41) is 3.01. The molecule has 0 bridgehead atoms. The molecule has 0 radical (unpaired) electrons. The molecule has 0 aliphatic heterocycles. The van der Waals surface area contributed by atoms with Crippen LogP contribution in [0.15, 0.2) is 36.4 Å². The first-order valence-electron chi connectivity index (χ1n) is 6.85. The molecule has 1 unspecified atom stereocenters. The molecule has 0 aromatic heterocycles. The SMILES string of the molecule is COc1ccccc1CC(C)Nc1cc(F)c(C)cc1F. The number of benzene rings is 2. The van der Waals surface area contributed by atoms with Crippen LogP contribution >= 0.6 is 0 Å². The minimum atomic E-state index is -0.444. The lowest BCUT2D eigenvalue weighted by Gasteiger charge is -2.18. The first-order chi connectivity index (χ1) is 10.0. The first kappa shape index (κ1) is 15.3. The van der Waals surface area contributed by atoms with Crippen molar-refractivity contribution in [2.75, 3.05) is 12.4 Å². The third-order valence-corrected chi connectivity index (χ3v) is 3.37. The average Bonchev–Trinajstić information content (AvgIpc) is 2.45. The van der Waals surface area contributed by atoms with E-state index in [1.165, 1.54) is 12.1 Å². The zero-order valence-corrected chi connectivity index (χ0v) is 12.4. The largest absolute Gasteiger partial charge is 0.496 e. The predicted octanol–water partition coefficient (Wildman–Crippen LogP) is 4.32. The van der Waals surface area contributed by atoms with Crippen molar-refractivity contribution in [3.63, 3.8) is 0 Å². The number of methoxy groups -OCH3 is 1. The summed E-state index contributed by atoms with van der Waals surface area (Å²) in [5.41, 5.74) is 1.50. The minimum Gasteiger partial charge on any atom is -0.496 e. The number of nitrogens with one attached hydrogen (secondary N) is 1. The molecule has 0 saturated heterocycles. The first-order valence-corrected chi connectivity index (χ1v) is 6.85. The molecule has 2 rings (SSSR count). The quantitative estimate of drug-likeness (QED) is 0.885. The van der Waals surface area contributed by atoms with E-state index < -0.39 is 11.6 Å². The number of halogens is 2. The van der Waals surface area contributed by atoms with E-state index in [0.29, 0.717) is 12.0 Å². The molecular weight excluding hydrogens is 272 g/mol. The second-order valence-electron chi connectivity index (χ2n) is 5.14. The Morgan fingerprint density at radius 1 is 1.14 bits per heavy atom. The van der Waals surface area contributed by atoms with Gasteiger partial charge in [-0.15, -0.1) is 0 Å². The van der Waals surface area contributed by atoms with E-state index in [9.17, 15) is 8.78 Å². The van der Waals surface area contributed by atoms with Gasteiger partial charge in [-0.1, -0.05) is 18.2 Å². The highest BCUT2D eigenvalue weighted by Gasteiger charge is 2.12. The number of ether oxygens (including phenoxy) is 1. The summed E-state index contributed by atoms with van der Waals surface area (Å²) in [5.74, 6) is -0.0640. The number of hydrogen-bond acceptors (Lipinski definition) is 2. The van der Waals surface area contributed by atoms with Crippen LogP contribution < -0.4 is 10.1 Å². The third kappa shape index (κ3) is 3.72. The second kappa shape index (κ2) is 6.57. The normalized spacial score (nSPS) is 12.0. The molecule has 2 aromatic rings. The summed E-state index contributed by atoms with van der Waals surface area (Å²) in [7, 11) is 1.62. The lowest BCUT2D eigenvalue weighted by atomic mass is 10.1. The zero-order valence-electron chi connectivity index (χ0n) is 12.4. The van der Waals surface area contributed by atoms with E-state index in [4.69, 9.17) is 4.74 Å². The van der Waals surface area contributed by atoms with Crippen LogP contribution in [0.1, 0.15) is 18.1 Å². The highest BCUT2D eigenvalue weighted by Crippen LogP contribution is 2.23. The van der Waals surface area contributed by atoms with Crippen LogP contribution in [0.4, 0.5) is 14.5 Å². The van der Waals surface area contributed by atoms with Crippen molar-refractivity contribution >= 4 is 5.69 Å². The highest BCUT2D eigenvalue weighted by atomic mass is 19.1. The van der Waals surface area contributed by atoms with E-state index in [0.717, 1.165) is 11.3 Å². The molecule has 0 spiro atoms. The van der Waals surface area contributed by atoms with Crippen molar-refractivity contribution in [3.8, 4) is 5.75 Å². The van der Waals surface area contributed by atoms with E-state index in [-0.39, 0.29) is 11.7 Å². The second-order valence-corrected chi connectivity index (χ2v) is 5.14. The number of para-hydroxylation sites is 1. The molecule has 21 heavy (non-hydrogen) atoms. The molecule has 0 aliphatic carbocycles. The van der Waals surface area contributed by atoms with E-state index >= 15 is 0 Å². The Balaban J connectivity index is 2.12. The van der Waals surface area contributed by atoms with Crippen molar-refractivity contribution in [2.45, 2.75) is 26.3 Å². The molecule has 2 nitrogen and oxygen atoms in total. The van der Waals surface area contributed by atoms with Crippen LogP contribution in [0.5, 0.6) is 5.75 Å². The monoisotopic (exact) mass is 291 g/mol. The molecule has 0 saturated carbocycles. The number of rotatable bonds is 5. The standard InChI is InChI=1S/C17H19F2NO/c1-11-8-15(19)16(10-14(11)18)20-12(2)9-13-6-4-5-7-17(13)21-3/h4-8,10,12,20H,9H2,1-3H3. The number of aryl methyl sites for hydroxylation is 1. The highest BCUT2D eigenvalue weighted by molar-refractivity contribution is 5.48. The van der Waals surface area contributed by atoms with Gasteiger partial charge in [0.2, 0.25) is 0 Å². The van der Waals surface area contributed by atoms with E-state index in [1.807, 2.05) is 31.2 Å². The van der Waals surface area contributed by atoms with E-state index in [2.05, 4.69) is 5.32 Å². The van der Waals surface area contributed by atoms with Crippen LogP contribution in [0.2, 0.25) is 0 Å². The van der Waals surface area contributed by atoms with Gasteiger partial charge >= 0.3 is 0 Å². The summed E-state index contributed by atoms with van der Waals surface area (Å²) in [6.45, 7) is 3.46. The van der Waals surface area contributed by atoms with Crippen molar-refractivity contribution in [1.29, 1.82) is 0 Å². The van der Waals surface area contributed by atoms with Crippen molar-refractivity contribution < 1.29 is 13.5 Å². The van der Waals surface area contributed by atoms with Crippen LogP contribution in [0.3, 0.4) is 0 Å². The Labute approximate surface area is 123 Å². The Morgan fingerprint density at radius 2 is 1.86 bits per heavy atom. The summed E-state index contributed by atoms with van der Waals surface area (Å²) < 4.78 is 32.6. The molecule has 1 atom stereocenters. The van der Waals surface area contributed by atoms with Gasteiger partial charge in [0.25, 0.3) is 0 Å². The number of hydrogen-bond donors (Lipinski definition) is 1. The van der Waals surface area contributed by atoms with Gasteiger partial charge in [-0.2, -0.15) is 0 Å². The van der Waals surface area contributed by atoms with Gasteiger partial charge < -0.3 is 10.1 Å². The fourth-order valence-corrected chi connectivity index (χ4v) is 2.27. The van der Waals surface area contributed by atoms with Gasteiger partial charge in [0.1, 0.15) is 17.4 Å². The van der Waals surface area contributed by atoms with Gasteiger partial charge in [0.05, 0.1) is 12.8 Å². The Kier molecular flexibility index (Phi) is 4.78. The van der Waals surface area contributed by atoms with Gasteiger partial charge in [-0.25, -0.2) is 8.78 Å². The maximum Gasteiger partial charge on any atom is 0.146 e. The van der Waals surface area contributed by atoms with Crippen LogP contribution in [-0.2, 0) is 6.42 Å². The average molecular weight is 291 g/mol. The van der Waals surface area contributed by atoms with Crippen molar-refractivity contribution in [2.24, 2.45) is 0 Å². The molecule has 1 N–H and O–H groups in total. The smallest absolute Gasteiger partial charge is 0.146 e. The Bertz CT molecular complexity index is 628. The molecule has 2 aromatic carbocycles. The van der Waals surface area contributed by atoms with Crippen LogP contribution in [0, 0.1) is 18.6 Å². The van der Waals surface area contributed by atoms with Gasteiger partial charge in [-0.3, -0.25) is 0 Å². The maximum atomic E-state index is 13.8. The van der Waals surface area contributed by atoms with Gasteiger partial charge in [0, 0.05) is 12.1 Å². The Hall–Kier alpha value is -2.10. The minimum absolute atomic E-state index is 0.0575. The fourth-order valence-electron chi connectivity index (χ4n) is 2.27. The molecule has 0 fully saturated rings. The van der Waals surface area contributed by atoms with Crippen LogP contribution in [-0.4, -0.2) is 13.2 Å². The van der Waals surface area contributed by atoms with Crippen molar-refractivity contribution in [3.05, 3.63) is 59.2 Å². The lowest BCUT2D eigenvalue weighted by Crippen LogP contribution is -2.19. The molecule has 112 valence electrons. The molecular formula is C17H19F2NO. The van der Waals surface area contributed by atoms with Gasteiger partial charge in [-0.05, 0) is 43.5 Å². The zero-order chi connectivity index (χ0) is 15.4. The molecule has 0 aliphatic rings. The summed E-state index contributed by atoms with van der Waals surface area (Å²) in [4.78, 5) is 0. The van der Waals surface area contributed by atoms with Crippen molar-refractivity contribution in [1.82, 2.24) is 0 Å². The molecule has 0 heterocycles. The predicted molar refractivity (Wildman–Crippen MR) is 80.9 cm³/mol. The van der Waals surface area contributed by atoms with Gasteiger partial charge in [0.15, 0.2) is 0 Å². The molecule has 0 amide bonds. The Morgan fingerprint density at radius 3 is 2.57 bits per heavy atom. The topological polar surface area (TPSA) is 21.3 Å². The number of anilines is 1. The summed E-state index contributed by atoms with van der Waals surface area (Å²) >= 11 is 0. The summed E-state index contributed by atoms with van der Waals surface area (Å²) in [6.07, 6.45) is 0.652. The van der Waals surface area contributed by atoms with E-state index in [1.54, 1.807) is 14.0 Å². The third-order valence-electron chi connectivity index (χ3n) is 3.37. The fraction of sp³-hybridized carbons (Fsp3) is 0.294. The van der Waals surface area contributed by atoms with Crippen LogP contribution in [0.25, 0.3) is 0 Å². The maximum absolute atomic E-state index is 13.8. The molecule has 4 heteroatoms.